The van der Waals surface area contributed by atoms with E-state index in [1.807, 2.05) is 4.90 Å². The number of urea groups is 1. The van der Waals surface area contributed by atoms with Gasteiger partial charge in [0, 0.05) is 24.2 Å². The molecule has 1 fully saturated rings. The molecular weight excluding hydrogens is 456 g/mol. The molecule has 5 nitrogen and oxygen atoms in total. The van der Waals surface area contributed by atoms with Crippen molar-refractivity contribution in [1.82, 2.24) is 5.32 Å². The first kappa shape index (κ1) is 25.2. The van der Waals surface area contributed by atoms with E-state index in [4.69, 9.17) is 0 Å². The highest BCUT2D eigenvalue weighted by Gasteiger charge is 2.46. The third-order valence-corrected chi connectivity index (χ3v) is 9.44. The van der Waals surface area contributed by atoms with E-state index in [9.17, 15) is 13.2 Å². The highest BCUT2D eigenvalue weighted by atomic mass is 32.2. The van der Waals surface area contributed by atoms with Gasteiger partial charge in [0.05, 0.1) is 10.6 Å². The highest BCUT2D eigenvalue weighted by molar-refractivity contribution is 7.91. The maximum absolute atomic E-state index is 13.3. The van der Waals surface area contributed by atoms with E-state index < -0.39 is 9.84 Å². The Morgan fingerprint density at radius 2 is 1.74 bits per heavy atom. The van der Waals surface area contributed by atoms with Crippen molar-refractivity contribution >= 4 is 27.1 Å². The van der Waals surface area contributed by atoms with E-state index in [1.54, 1.807) is 31.2 Å². The SMILES string of the molecule is C/C=C(C)\C(=C/C)c1ccc2c(c1)C1(CCCC1)CN2C(=O)NCc1ccc(S(=O)(=O)CC)cc1. The van der Waals surface area contributed by atoms with Crippen molar-refractivity contribution in [2.75, 3.05) is 17.2 Å². The van der Waals surface area contributed by atoms with Crippen LogP contribution in [0.25, 0.3) is 5.57 Å². The minimum atomic E-state index is -3.23. The lowest BCUT2D eigenvalue weighted by Crippen LogP contribution is -2.41. The average molecular weight is 493 g/mol. The van der Waals surface area contributed by atoms with Gasteiger partial charge in [-0.25, -0.2) is 13.2 Å². The summed E-state index contributed by atoms with van der Waals surface area (Å²) in [7, 11) is -3.23. The minimum absolute atomic E-state index is 0.0293. The number of hydrogen-bond acceptors (Lipinski definition) is 3. The molecule has 1 spiro atoms. The van der Waals surface area contributed by atoms with Crippen LogP contribution in [0.1, 0.15) is 70.1 Å². The van der Waals surface area contributed by atoms with Crippen LogP contribution in [0.4, 0.5) is 10.5 Å². The highest BCUT2D eigenvalue weighted by Crippen LogP contribution is 2.51. The average Bonchev–Trinajstić information content (AvgIpc) is 3.48. The summed E-state index contributed by atoms with van der Waals surface area (Å²) in [6.45, 7) is 8.97. The van der Waals surface area contributed by atoms with Crippen LogP contribution in [0, 0.1) is 0 Å². The Bertz CT molecular complexity index is 1270. The number of nitrogens with zero attached hydrogens (tertiary/aromatic N) is 1. The first-order valence-electron chi connectivity index (χ1n) is 12.6. The molecule has 35 heavy (non-hydrogen) atoms. The molecule has 2 aromatic rings. The van der Waals surface area contributed by atoms with Crippen LogP contribution in [-0.2, 0) is 21.8 Å². The molecule has 2 amide bonds. The Morgan fingerprint density at radius 1 is 1.06 bits per heavy atom. The molecule has 0 bridgehead atoms. The summed E-state index contributed by atoms with van der Waals surface area (Å²) in [5, 5.41) is 3.05. The monoisotopic (exact) mass is 492 g/mol. The number of nitrogens with one attached hydrogen (secondary N) is 1. The fourth-order valence-corrected chi connectivity index (χ4v) is 6.41. The molecule has 4 rings (SSSR count). The van der Waals surface area contributed by atoms with Gasteiger partial charge < -0.3 is 5.32 Å². The maximum Gasteiger partial charge on any atom is 0.322 e. The Labute approximate surface area is 209 Å². The number of hydrogen-bond donors (Lipinski definition) is 1. The van der Waals surface area contributed by atoms with E-state index in [0.29, 0.717) is 18.0 Å². The smallest absolute Gasteiger partial charge is 0.322 e. The van der Waals surface area contributed by atoms with Crippen LogP contribution in [0.5, 0.6) is 0 Å². The number of benzene rings is 2. The number of carbonyl (C=O) groups is 1. The fourth-order valence-electron chi connectivity index (χ4n) is 5.53. The molecular formula is C29H36N2O3S. The lowest BCUT2D eigenvalue weighted by atomic mass is 9.79. The van der Waals surface area contributed by atoms with Crippen molar-refractivity contribution in [2.45, 2.75) is 70.2 Å². The second-order valence-corrected chi connectivity index (χ2v) is 12.0. The summed E-state index contributed by atoms with van der Waals surface area (Å²) in [5.74, 6) is 0.0742. The zero-order valence-corrected chi connectivity index (χ0v) is 22.0. The van der Waals surface area contributed by atoms with E-state index in [-0.39, 0.29) is 17.2 Å². The molecule has 0 radical (unpaired) electrons. The molecule has 0 aromatic heterocycles. The summed E-state index contributed by atoms with van der Waals surface area (Å²) in [5.41, 5.74) is 6.89. The summed E-state index contributed by atoms with van der Waals surface area (Å²) in [6, 6.07) is 13.2. The van der Waals surface area contributed by atoms with Crippen molar-refractivity contribution in [3.63, 3.8) is 0 Å². The molecule has 1 saturated carbocycles. The molecule has 1 heterocycles. The molecule has 0 atom stereocenters. The van der Waals surface area contributed by atoms with Crippen LogP contribution in [0.3, 0.4) is 0 Å². The molecule has 2 aliphatic rings. The van der Waals surface area contributed by atoms with Crippen LogP contribution < -0.4 is 10.2 Å². The molecule has 2 aromatic carbocycles. The number of anilines is 1. The second-order valence-electron chi connectivity index (χ2n) is 9.69. The topological polar surface area (TPSA) is 66.5 Å². The number of fused-ring (bicyclic) bond motifs is 2. The molecule has 1 aliphatic carbocycles. The summed E-state index contributed by atoms with van der Waals surface area (Å²) in [6.07, 6.45) is 8.89. The van der Waals surface area contributed by atoms with Crippen molar-refractivity contribution < 1.29 is 13.2 Å². The molecule has 186 valence electrons. The molecule has 0 unspecified atom stereocenters. The van der Waals surface area contributed by atoms with Gasteiger partial charge in [0.25, 0.3) is 0 Å². The van der Waals surface area contributed by atoms with E-state index in [0.717, 1.165) is 24.1 Å². The molecule has 0 saturated heterocycles. The number of amides is 2. The van der Waals surface area contributed by atoms with Crippen molar-refractivity contribution in [3.05, 3.63) is 76.9 Å². The zero-order valence-electron chi connectivity index (χ0n) is 21.2. The van der Waals surface area contributed by atoms with Gasteiger partial charge in [-0.2, -0.15) is 0 Å². The number of sulfone groups is 1. The van der Waals surface area contributed by atoms with E-state index in [2.05, 4.69) is 56.4 Å². The van der Waals surface area contributed by atoms with Gasteiger partial charge in [-0.15, -0.1) is 0 Å². The van der Waals surface area contributed by atoms with Crippen LogP contribution in [0.15, 0.2) is 65.1 Å². The fraction of sp³-hybridized carbons (Fsp3) is 0.414. The van der Waals surface area contributed by atoms with Gasteiger partial charge in [0.1, 0.15) is 0 Å². The number of carbonyl (C=O) groups excluding carboxylic acids is 1. The first-order chi connectivity index (χ1) is 16.7. The Kier molecular flexibility index (Phi) is 7.22. The number of rotatable bonds is 6. The standard InChI is InChI=1S/C29H36N2O3S/c1-5-21(4)25(6-2)23-12-15-27-26(18-23)29(16-8-9-17-29)20-31(27)28(32)30-19-22-10-13-24(14-11-22)35(33,34)7-3/h5-6,10-15,18H,7-9,16-17,19-20H2,1-4H3,(H,30,32)/b21-5-,25-6+. The third-order valence-electron chi connectivity index (χ3n) is 7.69. The lowest BCUT2D eigenvalue weighted by molar-refractivity contribution is 0.245. The van der Waals surface area contributed by atoms with Gasteiger partial charge in [-0.3, -0.25) is 4.90 Å². The third kappa shape index (κ3) is 4.81. The van der Waals surface area contributed by atoms with Gasteiger partial charge in [0.15, 0.2) is 9.84 Å². The Hall–Kier alpha value is -2.86. The summed E-state index contributed by atoms with van der Waals surface area (Å²) >= 11 is 0. The molecule has 6 heteroatoms. The Morgan fingerprint density at radius 3 is 2.34 bits per heavy atom. The second kappa shape index (κ2) is 10.0. The predicted molar refractivity (Wildman–Crippen MR) is 143 cm³/mol. The number of allylic oxidation sites excluding steroid dienone is 4. The van der Waals surface area contributed by atoms with E-state index >= 15 is 0 Å². The van der Waals surface area contributed by atoms with Crippen molar-refractivity contribution in [3.8, 4) is 0 Å². The van der Waals surface area contributed by atoms with Gasteiger partial charge >= 0.3 is 6.03 Å². The van der Waals surface area contributed by atoms with Crippen molar-refractivity contribution in [2.24, 2.45) is 0 Å². The summed E-state index contributed by atoms with van der Waals surface area (Å²) < 4.78 is 24.1. The van der Waals surface area contributed by atoms with Crippen LogP contribution in [0.2, 0.25) is 0 Å². The van der Waals surface area contributed by atoms with Gasteiger partial charge in [-0.05, 0) is 85.7 Å². The maximum atomic E-state index is 13.3. The quantitative estimate of drug-likeness (QED) is 0.475. The zero-order chi connectivity index (χ0) is 25.2. The Balaban J connectivity index is 1.56. The van der Waals surface area contributed by atoms with Gasteiger partial charge in [-0.1, -0.05) is 50.1 Å². The first-order valence-corrected chi connectivity index (χ1v) is 14.2. The van der Waals surface area contributed by atoms with Crippen LogP contribution >= 0.6 is 0 Å². The lowest BCUT2D eigenvalue weighted by Gasteiger charge is -2.25. The normalized spacial score (nSPS) is 17.7. The molecule has 1 N–H and O–H groups in total. The van der Waals surface area contributed by atoms with Gasteiger partial charge in [0.2, 0.25) is 0 Å². The molecule has 1 aliphatic heterocycles. The summed E-state index contributed by atoms with van der Waals surface area (Å²) in [4.78, 5) is 15.5. The predicted octanol–water partition coefficient (Wildman–Crippen LogP) is 6.39. The van der Waals surface area contributed by atoms with E-state index in [1.165, 1.54) is 35.1 Å². The van der Waals surface area contributed by atoms with Crippen molar-refractivity contribution in [1.29, 1.82) is 0 Å². The van der Waals surface area contributed by atoms with Crippen LogP contribution in [-0.4, -0.2) is 26.7 Å². The largest absolute Gasteiger partial charge is 0.334 e. The minimum Gasteiger partial charge on any atom is -0.334 e.